The molecule has 2 N–H and O–H groups in total. The molecule has 2 rings (SSSR count). The van der Waals surface area contributed by atoms with E-state index < -0.39 is 0 Å². The highest BCUT2D eigenvalue weighted by Gasteiger charge is 2.15. The van der Waals surface area contributed by atoms with Gasteiger partial charge in [-0.05, 0) is 62.1 Å². The first-order valence-corrected chi connectivity index (χ1v) is 8.83. The summed E-state index contributed by atoms with van der Waals surface area (Å²) in [6.45, 7) is 8.25. The fourth-order valence-corrected chi connectivity index (χ4v) is 2.87. The van der Waals surface area contributed by atoms with Gasteiger partial charge in [0, 0.05) is 5.92 Å². The summed E-state index contributed by atoms with van der Waals surface area (Å²) in [4.78, 5) is 0. The average molecular weight is 327 g/mol. The van der Waals surface area contributed by atoms with Crippen molar-refractivity contribution >= 4 is 0 Å². The zero-order valence-corrected chi connectivity index (χ0v) is 15.0. The van der Waals surface area contributed by atoms with Crippen molar-refractivity contribution < 1.29 is 9.47 Å². The van der Waals surface area contributed by atoms with Gasteiger partial charge in [-0.15, -0.1) is 0 Å². The molecule has 0 aromatic heterocycles. The Kier molecular flexibility index (Phi) is 7.13. The van der Waals surface area contributed by atoms with E-state index in [0.717, 1.165) is 36.5 Å². The summed E-state index contributed by atoms with van der Waals surface area (Å²) in [5, 5.41) is 0. The smallest absolute Gasteiger partial charge is 0.122 e. The summed E-state index contributed by atoms with van der Waals surface area (Å²) < 4.78 is 11.5. The monoisotopic (exact) mass is 327 g/mol. The van der Waals surface area contributed by atoms with Crippen LogP contribution in [0, 0.1) is 6.92 Å². The Morgan fingerprint density at radius 3 is 2.46 bits per heavy atom. The highest BCUT2D eigenvalue weighted by molar-refractivity contribution is 5.40. The van der Waals surface area contributed by atoms with Crippen LogP contribution in [0.25, 0.3) is 0 Å². The molecule has 0 aliphatic rings. The van der Waals surface area contributed by atoms with Crippen molar-refractivity contribution in [3.05, 3.63) is 59.2 Å². The molecule has 3 nitrogen and oxygen atoms in total. The average Bonchev–Trinajstić information content (AvgIpc) is 2.60. The number of nitrogens with two attached hydrogens (primary N) is 1. The van der Waals surface area contributed by atoms with E-state index in [9.17, 15) is 0 Å². The summed E-state index contributed by atoms with van der Waals surface area (Å²) in [6.07, 6.45) is 1.89. The molecule has 0 aliphatic heterocycles. The van der Waals surface area contributed by atoms with Crippen LogP contribution < -0.4 is 15.2 Å². The van der Waals surface area contributed by atoms with E-state index in [1.54, 1.807) is 0 Å². The van der Waals surface area contributed by atoms with Crippen LogP contribution in [0.3, 0.4) is 0 Å². The molecule has 0 saturated carbocycles. The lowest BCUT2D eigenvalue weighted by atomic mass is 9.90. The summed E-state index contributed by atoms with van der Waals surface area (Å²) in [6, 6.07) is 14.6. The summed E-state index contributed by atoms with van der Waals surface area (Å²) >= 11 is 0. The Hall–Kier alpha value is -2.00. The quantitative estimate of drug-likeness (QED) is 0.739. The molecule has 0 radical (unpaired) electrons. The van der Waals surface area contributed by atoms with Crippen molar-refractivity contribution in [3.63, 3.8) is 0 Å². The van der Waals surface area contributed by atoms with E-state index in [-0.39, 0.29) is 5.92 Å². The molecule has 0 heterocycles. The second-order valence-corrected chi connectivity index (χ2v) is 6.05. The number of benzene rings is 2. The van der Waals surface area contributed by atoms with Gasteiger partial charge in [0.05, 0.1) is 13.2 Å². The summed E-state index contributed by atoms with van der Waals surface area (Å²) in [7, 11) is 0. The Morgan fingerprint density at radius 2 is 1.79 bits per heavy atom. The van der Waals surface area contributed by atoms with Gasteiger partial charge in [-0.2, -0.15) is 0 Å². The maximum absolute atomic E-state index is 6.07. The third-order valence-electron chi connectivity index (χ3n) is 4.16. The normalized spacial score (nSPS) is 12.0. The molecule has 0 fully saturated rings. The molecule has 130 valence electrons. The molecule has 0 bridgehead atoms. The second kappa shape index (κ2) is 9.33. The van der Waals surface area contributed by atoms with Gasteiger partial charge in [-0.3, -0.25) is 0 Å². The standard InChI is InChI=1S/C21H29NO2/c1-4-12-24-20-11-10-17(13-16(20)3)19(15-22)14-18-8-6-7-9-21(18)23-5-2/h6-11,13,19H,4-5,12,14-15,22H2,1-3H3. The number of ether oxygens (including phenoxy) is 2. The van der Waals surface area contributed by atoms with Crippen LogP contribution in [-0.2, 0) is 6.42 Å². The fourth-order valence-electron chi connectivity index (χ4n) is 2.87. The van der Waals surface area contributed by atoms with Gasteiger partial charge in [-0.1, -0.05) is 37.3 Å². The third-order valence-corrected chi connectivity index (χ3v) is 4.16. The first-order valence-electron chi connectivity index (χ1n) is 8.83. The Morgan fingerprint density at radius 1 is 1.00 bits per heavy atom. The minimum absolute atomic E-state index is 0.269. The van der Waals surface area contributed by atoms with Gasteiger partial charge in [0.2, 0.25) is 0 Å². The number of hydrogen-bond acceptors (Lipinski definition) is 3. The van der Waals surface area contributed by atoms with Crippen LogP contribution in [0.4, 0.5) is 0 Å². The number of rotatable bonds is 9. The van der Waals surface area contributed by atoms with E-state index in [2.05, 4.69) is 44.2 Å². The maximum Gasteiger partial charge on any atom is 0.122 e. The van der Waals surface area contributed by atoms with E-state index in [1.165, 1.54) is 11.1 Å². The van der Waals surface area contributed by atoms with Crippen LogP contribution in [-0.4, -0.2) is 19.8 Å². The number of hydrogen-bond donors (Lipinski definition) is 1. The van der Waals surface area contributed by atoms with E-state index in [4.69, 9.17) is 15.2 Å². The van der Waals surface area contributed by atoms with Gasteiger partial charge < -0.3 is 15.2 Å². The van der Waals surface area contributed by atoms with Gasteiger partial charge in [0.15, 0.2) is 0 Å². The Labute approximate surface area is 145 Å². The zero-order valence-electron chi connectivity index (χ0n) is 15.0. The first kappa shape index (κ1) is 18.3. The predicted octanol–water partition coefficient (Wildman–Crippen LogP) is 4.47. The number of aryl methyl sites for hydroxylation is 1. The second-order valence-electron chi connectivity index (χ2n) is 6.05. The summed E-state index contributed by atoms with van der Waals surface area (Å²) in [5.41, 5.74) is 9.70. The molecule has 0 spiro atoms. The maximum atomic E-state index is 6.07. The van der Waals surface area contributed by atoms with Crippen molar-refractivity contribution in [2.75, 3.05) is 19.8 Å². The lowest BCUT2D eigenvalue weighted by Gasteiger charge is -2.19. The topological polar surface area (TPSA) is 44.5 Å². The molecule has 3 heteroatoms. The molecule has 2 aromatic rings. The first-order chi connectivity index (χ1) is 11.7. The van der Waals surface area contributed by atoms with Gasteiger partial charge in [0.1, 0.15) is 11.5 Å². The lowest BCUT2D eigenvalue weighted by molar-refractivity contribution is 0.315. The largest absolute Gasteiger partial charge is 0.494 e. The number of para-hydroxylation sites is 1. The molecular weight excluding hydrogens is 298 g/mol. The van der Waals surface area contributed by atoms with Crippen molar-refractivity contribution in [3.8, 4) is 11.5 Å². The van der Waals surface area contributed by atoms with Crippen LogP contribution in [0.1, 0.15) is 42.9 Å². The lowest BCUT2D eigenvalue weighted by Crippen LogP contribution is -2.16. The van der Waals surface area contributed by atoms with Crippen molar-refractivity contribution in [1.82, 2.24) is 0 Å². The predicted molar refractivity (Wildman–Crippen MR) is 100 cm³/mol. The molecule has 24 heavy (non-hydrogen) atoms. The van der Waals surface area contributed by atoms with Crippen molar-refractivity contribution in [2.45, 2.75) is 39.5 Å². The van der Waals surface area contributed by atoms with Crippen molar-refractivity contribution in [2.24, 2.45) is 5.73 Å². The van der Waals surface area contributed by atoms with Gasteiger partial charge >= 0.3 is 0 Å². The van der Waals surface area contributed by atoms with Crippen LogP contribution in [0.5, 0.6) is 11.5 Å². The molecule has 0 amide bonds. The van der Waals surface area contributed by atoms with Crippen LogP contribution in [0.2, 0.25) is 0 Å². The van der Waals surface area contributed by atoms with Gasteiger partial charge in [-0.25, -0.2) is 0 Å². The Bertz CT molecular complexity index is 639. The van der Waals surface area contributed by atoms with E-state index in [1.807, 2.05) is 19.1 Å². The Balaban J connectivity index is 2.18. The van der Waals surface area contributed by atoms with Crippen LogP contribution >= 0.6 is 0 Å². The van der Waals surface area contributed by atoms with Gasteiger partial charge in [0.25, 0.3) is 0 Å². The molecule has 0 aliphatic carbocycles. The molecule has 2 aromatic carbocycles. The zero-order chi connectivity index (χ0) is 17.4. The summed E-state index contributed by atoms with van der Waals surface area (Å²) in [5.74, 6) is 2.19. The molecule has 1 atom stereocenters. The van der Waals surface area contributed by atoms with E-state index in [0.29, 0.717) is 13.2 Å². The third kappa shape index (κ3) is 4.75. The SMILES string of the molecule is CCCOc1ccc(C(CN)Cc2ccccc2OCC)cc1C. The molecular formula is C21H29NO2. The van der Waals surface area contributed by atoms with Crippen molar-refractivity contribution in [1.29, 1.82) is 0 Å². The molecule has 1 unspecified atom stereocenters. The minimum atomic E-state index is 0.269. The minimum Gasteiger partial charge on any atom is -0.494 e. The highest BCUT2D eigenvalue weighted by atomic mass is 16.5. The van der Waals surface area contributed by atoms with Crippen LogP contribution in [0.15, 0.2) is 42.5 Å². The highest BCUT2D eigenvalue weighted by Crippen LogP contribution is 2.29. The van der Waals surface area contributed by atoms with E-state index >= 15 is 0 Å². The molecule has 0 saturated heterocycles. The fraction of sp³-hybridized carbons (Fsp3) is 0.429.